The summed E-state index contributed by atoms with van der Waals surface area (Å²) in [5.41, 5.74) is 6.22. The molecule has 0 aromatic carbocycles. The second-order valence-corrected chi connectivity index (χ2v) is 4.42. The highest BCUT2D eigenvalue weighted by atomic mass is 19.1. The minimum Gasteiger partial charge on any atom is -0.398 e. The van der Waals surface area contributed by atoms with E-state index in [2.05, 4.69) is 9.97 Å². The summed E-state index contributed by atoms with van der Waals surface area (Å²) in [4.78, 5) is 7.69. The van der Waals surface area contributed by atoms with Crippen LogP contribution < -0.4 is 5.73 Å². The van der Waals surface area contributed by atoms with Crippen molar-refractivity contribution in [3.63, 3.8) is 0 Å². The van der Waals surface area contributed by atoms with Crippen LogP contribution in [0.4, 0.5) is 10.1 Å². The van der Waals surface area contributed by atoms with Crippen LogP contribution in [0.5, 0.6) is 0 Å². The number of aliphatic hydroxyl groups is 1. The molecular weight excluding hydrogens is 233 g/mol. The summed E-state index contributed by atoms with van der Waals surface area (Å²) in [6.07, 6.45) is 5.96. The monoisotopic (exact) mass is 247 g/mol. The van der Waals surface area contributed by atoms with E-state index in [0.717, 1.165) is 6.20 Å². The molecule has 0 aliphatic heterocycles. The number of anilines is 1. The zero-order valence-corrected chi connectivity index (χ0v) is 9.97. The summed E-state index contributed by atoms with van der Waals surface area (Å²) in [5.74, 6) is -0.480. The molecule has 0 spiro atoms. The van der Waals surface area contributed by atoms with Crippen molar-refractivity contribution >= 4 is 5.69 Å². The summed E-state index contributed by atoms with van der Waals surface area (Å²) in [6.45, 7) is 1.59. The van der Waals surface area contributed by atoms with Crippen LogP contribution in [-0.4, -0.2) is 15.1 Å². The van der Waals surface area contributed by atoms with Gasteiger partial charge in [-0.3, -0.25) is 9.97 Å². The van der Waals surface area contributed by atoms with E-state index in [0.29, 0.717) is 16.8 Å². The number of nitrogens with zero attached hydrogens (tertiary/aromatic N) is 2. The van der Waals surface area contributed by atoms with E-state index >= 15 is 0 Å². The number of nitrogen functional groups attached to an aromatic ring is 1. The summed E-state index contributed by atoms with van der Waals surface area (Å²) in [6, 6.07) is 2.93. The Bertz CT molecular complexity index is 557. The van der Waals surface area contributed by atoms with Gasteiger partial charge in [-0.1, -0.05) is 0 Å². The lowest BCUT2D eigenvalue weighted by Crippen LogP contribution is -2.25. The third-order valence-corrected chi connectivity index (χ3v) is 2.80. The van der Waals surface area contributed by atoms with Crippen LogP contribution in [0.15, 0.2) is 36.9 Å². The number of hydrogen-bond acceptors (Lipinski definition) is 4. The molecule has 94 valence electrons. The second kappa shape index (κ2) is 4.70. The normalized spacial score (nSPS) is 14.2. The molecular formula is C13H14FN3O. The van der Waals surface area contributed by atoms with Gasteiger partial charge in [0.2, 0.25) is 0 Å². The minimum absolute atomic E-state index is 0.248. The molecule has 18 heavy (non-hydrogen) atoms. The summed E-state index contributed by atoms with van der Waals surface area (Å²) < 4.78 is 13.1. The molecule has 2 aromatic rings. The predicted molar refractivity (Wildman–Crippen MR) is 66.1 cm³/mol. The molecule has 0 fully saturated rings. The second-order valence-electron chi connectivity index (χ2n) is 4.42. The molecule has 0 saturated heterocycles. The molecule has 0 saturated carbocycles. The predicted octanol–water partition coefficient (Wildman–Crippen LogP) is 1.65. The molecule has 2 aromatic heterocycles. The standard InChI is InChI=1S/C13H14FN3O/c1-13(18,10-4-11(14)8-17-7-10)5-9-6-16-3-2-12(9)15/h2-4,6-8,18H,5H2,1H3,(H2,15,16). The molecule has 0 radical (unpaired) electrons. The Hall–Kier alpha value is -2.01. The fourth-order valence-electron chi connectivity index (χ4n) is 1.76. The van der Waals surface area contributed by atoms with Crippen molar-refractivity contribution in [3.05, 3.63) is 53.9 Å². The fourth-order valence-corrected chi connectivity index (χ4v) is 1.76. The first-order valence-corrected chi connectivity index (χ1v) is 5.51. The lowest BCUT2D eigenvalue weighted by Gasteiger charge is -2.24. The van der Waals surface area contributed by atoms with Crippen molar-refractivity contribution in [2.75, 3.05) is 5.73 Å². The van der Waals surface area contributed by atoms with Crippen molar-refractivity contribution in [1.29, 1.82) is 0 Å². The van der Waals surface area contributed by atoms with Crippen LogP contribution >= 0.6 is 0 Å². The number of aromatic nitrogens is 2. The summed E-state index contributed by atoms with van der Waals surface area (Å²) in [7, 11) is 0. The number of nitrogens with two attached hydrogens (primary N) is 1. The van der Waals surface area contributed by atoms with Gasteiger partial charge < -0.3 is 10.8 Å². The molecule has 0 bridgehead atoms. The van der Waals surface area contributed by atoms with Crippen LogP contribution in [-0.2, 0) is 12.0 Å². The molecule has 4 nitrogen and oxygen atoms in total. The highest BCUT2D eigenvalue weighted by Crippen LogP contribution is 2.26. The van der Waals surface area contributed by atoms with Gasteiger partial charge in [-0.2, -0.15) is 0 Å². The first kappa shape index (κ1) is 12.4. The minimum atomic E-state index is -1.24. The Morgan fingerprint density at radius 3 is 2.78 bits per heavy atom. The van der Waals surface area contributed by atoms with E-state index in [4.69, 9.17) is 5.73 Å². The van der Waals surface area contributed by atoms with Gasteiger partial charge in [0.05, 0.1) is 11.8 Å². The van der Waals surface area contributed by atoms with Crippen molar-refractivity contribution < 1.29 is 9.50 Å². The van der Waals surface area contributed by atoms with E-state index in [-0.39, 0.29) is 6.42 Å². The van der Waals surface area contributed by atoms with Crippen molar-refractivity contribution in [1.82, 2.24) is 9.97 Å². The number of halogens is 1. The van der Waals surface area contributed by atoms with Crippen molar-refractivity contribution in [2.45, 2.75) is 18.9 Å². The molecule has 0 aliphatic carbocycles. The quantitative estimate of drug-likeness (QED) is 0.865. The zero-order valence-electron chi connectivity index (χ0n) is 9.97. The Balaban J connectivity index is 2.30. The average molecular weight is 247 g/mol. The van der Waals surface area contributed by atoms with Gasteiger partial charge in [0.15, 0.2) is 0 Å². The van der Waals surface area contributed by atoms with Gasteiger partial charge in [-0.15, -0.1) is 0 Å². The lowest BCUT2D eigenvalue weighted by atomic mass is 9.90. The fraction of sp³-hybridized carbons (Fsp3) is 0.231. The summed E-state index contributed by atoms with van der Waals surface area (Å²) in [5, 5.41) is 10.4. The molecule has 1 unspecified atom stereocenters. The largest absolute Gasteiger partial charge is 0.398 e. The first-order chi connectivity index (χ1) is 8.49. The van der Waals surface area contributed by atoms with E-state index in [9.17, 15) is 9.50 Å². The van der Waals surface area contributed by atoms with Gasteiger partial charge in [0.1, 0.15) is 5.82 Å². The van der Waals surface area contributed by atoms with Crippen LogP contribution in [0, 0.1) is 5.82 Å². The smallest absolute Gasteiger partial charge is 0.141 e. The topological polar surface area (TPSA) is 72.0 Å². The molecule has 2 rings (SSSR count). The molecule has 2 heterocycles. The molecule has 0 aliphatic rings. The molecule has 5 heteroatoms. The van der Waals surface area contributed by atoms with Crippen LogP contribution in [0.25, 0.3) is 0 Å². The number of rotatable bonds is 3. The summed E-state index contributed by atoms with van der Waals surface area (Å²) >= 11 is 0. The van der Waals surface area contributed by atoms with Crippen LogP contribution in [0.2, 0.25) is 0 Å². The molecule has 0 amide bonds. The highest BCUT2D eigenvalue weighted by Gasteiger charge is 2.25. The Labute approximate surface area is 104 Å². The Kier molecular flexibility index (Phi) is 3.25. The lowest BCUT2D eigenvalue weighted by molar-refractivity contribution is 0.0570. The van der Waals surface area contributed by atoms with Crippen molar-refractivity contribution in [3.8, 4) is 0 Å². The van der Waals surface area contributed by atoms with Gasteiger partial charge in [0.25, 0.3) is 0 Å². The van der Waals surface area contributed by atoms with Crippen LogP contribution in [0.3, 0.4) is 0 Å². The SMILES string of the molecule is CC(O)(Cc1cnccc1N)c1cncc(F)c1. The number of pyridine rings is 2. The third kappa shape index (κ3) is 2.62. The first-order valence-electron chi connectivity index (χ1n) is 5.51. The Morgan fingerprint density at radius 1 is 1.33 bits per heavy atom. The van der Waals surface area contributed by atoms with E-state index in [1.165, 1.54) is 12.3 Å². The van der Waals surface area contributed by atoms with E-state index in [1.54, 1.807) is 25.4 Å². The van der Waals surface area contributed by atoms with Crippen molar-refractivity contribution in [2.24, 2.45) is 0 Å². The molecule has 3 N–H and O–H groups in total. The van der Waals surface area contributed by atoms with Gasteiger partial charge in [-0.05, 0) is 24.6 Å². The van der Waals surface area contributed by atoms with Gasteiger partial charge in [0, 0.05) is 36.3 Å². The van der Waals surface area contributed by atoms with E-state index in [1.807, 2.05) is 0 Å². The Morgan fingerprint density at radius 2 is 2.11 bits per heavy atom. The number of hydrogen-bond donors (Lipinski definition) is 2. The van der Waals surface area contributed by atoms with E-state index < -0.39 is 11.4 Å². The maximum atomic E-state index is 13.1. The highest BCUT2D eigenvalue weighted by molar-refractivity contribution is 5.45. The van der Waals surface area contributed by atoms with Gasteiger partial charge >= 0.3 is 0 Å². The van der Waals surface area contributed by atoms with Crippen LogP contribution in [0.1, 0.15) is 18.1 Å². The molecule has 1 atom stereocenters. The maximum Gasteiger partial charge on any atom is 0.141 e. The zero-order chi connectivity index (χ0) is 13.2. The third-order valence-electron chi connectivity index (χ3n) is 2.80. The van der Waals surface area contributed by atoms with Gasteiger partial charge in [-0.25, -0.2) is 4.39 Å². The maximum absolute atomic E-state index is 13.1. The average Bonchev–Trinajstić information content (AvgIpc) is 2.32.